The van der Waals surface area contributed by atoms with E-state index >= 15 is 0 Å². The van der Waals surface area contributed by atoms with E-state index in [1.54, 1.807) is 0 Å². The highest BCUT2D eigenvalue weighted by Gasteiger charge is 2.41. The van der Waals surface area contributed by atoms with E-state index in [9.17, 15) is 0 Å². The van der Waals surface area contributed by atoms with Crippen LogP contribution >= 0.6 is 0 Å². The maximum absolute atomic E-state index is 6.34. The van der Waals surface area contributed by atoms with E-state index in [1.807, 2.05) is 12.1 Å². The molecule has 0 unspecified atom stereocenters. The van der Waals surface area contributed by atoms with Gasteiger partial charge in [-0.2, -0.15) is 0 Å². The monoisotopic (exact) mass is 619 g/mol. The second-order valence-electron chi connectivity index (χ2n) is 13.0. The molecule has 0 fully saturated rings. The first-order valence-corrected chi connectivity index (χ1v) is 19.1. The first-order valence-electron chi connectivity index (χ1n) is 16.1. The highest BCUT2D eigenvalue weighted by Crippen LogP contribution is 2.41. The average molecular weight is 620 g/mol. The van der Waals surface area contributed by atoms with E-state index in [0.29, 0.717) is 0 Å². The van der Waals surface area contributed by atoms with Gasteiger partial charge in [-0.25, -0.2) is 9.97 Å². The van der Waals surface area contributed by atoms with Crippen molar-refractivity contribution in [3.05, 3.63) is 140 Å². The van der Waals surface area contributed by atoms with Gasteiger partial charge in [-0.05, 0) is 47.1 Å². The topological polar surface area (TPSA) is 43.9 Å². The van der Waals surface area contributed by atoms with E-state index in [2.05, 4.69) is 145 Å². The second kappa shape index (κ2) is 9.61. The summed E-state index contributed by atoms with van der Waals surface area (Å²) in [5.74, 6) is 0.786. The van der Waals surface area contributed by atoms with Crippen LogP contribution in [-0.4, -0.2) is 22.6 Å². The van der Waals surface area contributed by atoms with Gasteiger partial charge in [-0.1, -0.05) is 116 Å². The molecule has 0 amide bonds. The second-order valence-corrected chi connectivity index (χ2v) is 17.3. The number of para-hydroxylation sites is 2. The lowest BCUT2D eigenvalue weighted by Crippen LogP contribution is -2.50. The van der Waals surface area contributed by atoms with Crippen LogP contribution in [0.25, 0.3) is 83.2 Å². The molecule has 0 saturated carbocycles. The highest BCUT2D eigenvalue weighted by atomic mass is 28.3. The number of nitrogens with zero attached hydrogens (tertiary/aromatic N) is 3. The molecule has 0 atom stereocenters. The van der Waals surface area contributed by atoms with Crippen molar-refractivity contribution in [2.24, 2.45) is 0 Å². The largest absolute Gasteiger partial charge is 0.456 e. The van der Waals surface area contributed by atoms with Crippen molar-refractivity contribution in [1.29, 1.82) is 0 Å². The molecule has 0 saturated heterocycles. The molecular weight excluding hydrogens is 591 g/mol. The molecule has 4 nitrogen and oxygen atoms in total. The van der Waals surface area contributed by atoms with E-state index in [0.717, 1.165) is 55.8 Å². The van der Waals surface area contributed by atoms with Gasteiger partial charge >= 0.3 is 0 Å². The minimum Gasteiger partial charge on any atom is -0.456 e. The number of hydrogen-bond donors (Lipinski definition) is 0. The fraction of sp³-hybridized carbons (Fsp3) is 0.0476. The van der Waals surface area contributed by atoms with Gasteiger partial charge in [-0.15, -0.1) is 0 Å². The summed E-state index contributed by atoms with van der Waals surface area (Å²) < 4.78 is 8.73. The summed E-state index contributed by atoms with van der Waals surface area (Å²) in [4.78, 5) is 10.6. The Bertz CT molecular complexity index is 2700. The lowest BCUT2D eigenvalue weighted by Gasteiger charge is -2.19. The summed E-state index contributed by atoms with van der Waals surface area (Å²) in [6, 6.07) is 49.5. The molecule has 0 aliphatic carbocycles. The molecule has 222 valence electrons. The summed E-state index contributed by atoms with van der Waals surface area (Å²) in [6.07, 6.45) is 0. The van der Waals surface area contributed by atoms with Gasteiger partial charge in [0.15, 0.2) is 5.82 Å². The van der Waals surface area contributed by atoms with Crippen LogP contribution in [0, 0.1) is 0 Å². The predicted molar refractivity (Wildman–Crippen MR) is 197 cm³/mol. The number of benzene rings is 6. The van der Waals surface area contributed by atoms with Gasteiger partial charge in [0.1, 0.15) is 19.2 Å². The van der Waals surface area contributed by atoms with Crippen molar-refractivity contribution in [1.82, 2.24) is 14.5 Å². The quantitative estimate of drug-likeness (QED) is 0.185. The van der Waals surface area contributed by atoms with E-state index in [4.69, 9.17) is 14.4 Å². The fourth-order valence-corrected chi connectivity index (χ4v) is 10.7. The lowest BCUT2D eigenvalue weighted by molar-refractivity contribution is 0.669. The lowest BCUT2D eigenvalue weighted by atomic mass is 10.00. The smallest absolute Gasteiger partial charge is 0.159 e. The van der Waals surface area contributed by atoms with Crippen LogP contribution in [0.5, 0.6) is 0 Å². The van der Waals surface area contributed by atoms with Gasteiger partial charge in [0.25, 0.3) is 0 Å². The molecule has 47 heavy (non-hydrogen) atoms. The van der Waals surface area contributed by atoms with Gasteiger partial charge in [-0.3, -0.25) is 0 Å². The molecule has 0 spiro atoms. The van der Waals surface area contributed by atoms with Gasteiger partial charge in [0.2, 0.25) is 0 Å². The summed E-state index contributed by atoms with van der Waals surface area (Å²) in [5, 5.41) is 7.35. The van der Waals surface area contributed by atoms with Crippen LogP contribution in [-0.2, 0) is 0 Å². The summed E-state index contributed by atoms with van der Waals surface area (Å²) in [5.41, 5.74) is 10.8. The van der Waals surface area contributed by atoms with Crippen LogP contribution in [0.4, 0.5) is 0 Å². The zero-order valence-electron chi connectivity index (χ0n) is 26.0. The minimum absolute atomic E-state index is 0.786. The van der Waals surface area contributed by atoms with Crippen molar-refractivity contribution >= 4 is 62.3 Å². The molecule has 6 aromatic carbocycles. The highest BCUT2D eigenvalue weighted by molar-refractivity contribution is 7.03. The van der Waals surface area contributed by atoms with Crippen LogP contribution in [0.3, 0.4) is 0 Å². The zero-order valence-corrected chi connectivity index (χ0v) is 27.0. The van der Waals surface area contributed by atoms with Crippen molar-refractivity contribution in [3.63, 3.8) is 0 Å². The number of hydrogen-bond acceptors (Lipinski definition) is 3. The summed E-state index contributed by atoms with van der Waals surface area (Å²) in [7, 11) is -2.03. The molecular formula is C42H29N3OSi. The maximum atomic E-state index is 6.34. The number of fused-ring (bicyclic) bond motifs is 10. The fourth-order valence-electron chi connectivity index (χ4n) is 7.77. The van der Waals surface area contributed by atoms with Crippen molar-refractivity contribution in [2.75, 3.05) is 0 Å². The van der Waals surface area contributed by atoms with E-state index < -0.39 is 8.07 Å². The molecule has 1 aliphatic rings. The predicted octanol–water partition coefficient (Wildman–Crippen LogP) is 9.61. The Morgan fingerprint density at radius 1 is 0.574 bits per heavy atom. The molecule has 4 heterocycles. The Balaban J connectivity index is 1.22. The molecule has 3 aromatic heterocycles. The Morgan fingerprint density at radius 2 is 1.30 bits per heavy atom. The molecule has 9 aromatic rings. The third-order valence-corrected chi connectivity index (χ3v) is 13.3. The molecule has 5 heteroatoms. The first kappa shape index (κ1) is 26.4. The summed E-state index contributed by atoms with van der Waals surface area (Å²) >= 11 is 0. The van der Waals surface area contributed by atoms with E-state index in [-0.39, 0.29) is 0 Å². The molecule has 0 bridgehead atoms. The molecule has 0 radical (unpaired) electrons. The van der Waals surface area contributed by atoms with Gasteiger partial charge < -0.3 is 8.98 Å². The third kappa shape index (κ3) is 3.69. The van der Waals surface area contributed by atoms with Gasteiger partial charge in [0, 0.05) is 43.9 Å². The van der Waals surface area contributed by atoms with Crippen molar-refractivity contribution < 1.29 is 4.42 Å². The molecule has 1 aliphatic heterocycles. The SMILES string of the molecule is C[Si]1(C)c2ccccc2-c2c(-c3ccc(-n4c5ccccc5c5ccc6oc7ccccc7c6c54)cc3)nc(-c3ccccc3)nc21. The van der Waals surface area contributed by atoms with Crippen LogP contribution in [0.2, 0.25) is 13.1 Å². The van der Waals surface area contributed by atoms with Crippen molar-refractivity contribution in [2.45, 2.75) is 13.1 Å². The number of aromatic nitrogens is 3. The summed E-state index contributed by atoms with van der Waals surface area (Å²) in [6.45, 7) is 4.82. The average Bonchev–Trinajstić information content (AvgIpc) is 3.74. The molecule has 0 N–H and O–H groups in total. The van der Waals surface area contributed by atoms with Crippen LogP contribution < -0.4 is 10.5 Å². The Labute approximate surface area is 272 Å². The Kier molecular flexibility index (Phi) is 5.41. The first-order chi connectivity index (χ1) is 23.1. The van der Waals surface area contributed by atoms with Gasteiger partial charge in [0.05, 0.1) is 22.1 Å². The minimum atomic E-state index is -2.03. The van der Waals surface area contributed by atoms with Crippen molar-refractivity contribution in [3.8, 4) is 39.5 Å². The maximum Gasteiger partial charge on any atom is 0.159 e. The standard InChI is InChI=1S/C42H29N3OSi/c1-47(2)36-19-11-8-16-32(36)38-39(43-41(44-42(38)47)27-12-4-3-5-13-27)26-20-22-28(23-21-26)45-33-17-9-6-14-29(33)30-24-25-35-37(40(30)45)31-15-7-10-18-34(31)46-35/h3-25H,1-2H3. The van der Waals surface area contributed by atoms with Crippen LogP contribution in [0.1, 0.15) is 0 Å². The number of furan rings is 1. The van der Waals surface area contributed by atoms with Crippen LogP contribution in [0.15, 0.2) is 144 Å². The zero-order chi connectivity index (χ0) is 31.3. The number of rotatable bonds is 3. The Hall–Kier alpha value is -5.78. The third-order valence-electron chi connectivity index (χ3n) is 9.98. The van der Waals surface area contributed by atoms with E-state index in [1.165, 1.54) is 37.9 Å². The Morgan fingerprint density at radius 3 is 2.15 bits per heavy atom. The molecule has 10 rings (SSSR count). The normalized spacial score (nSPS) is 13.5.